The number of para-hydroxylation sites is 7. The van der Waals surface area contributed by atoms with E-state index >= 15 is 0 Å². The largest absolute Gasteiger partial charge is 0.397 e. The highest BCUT2D eigenvalue weighted by atomic mass is 15.4. The molecular formula is C71H80N12. The third-order valence-corrected chi connectivity index (χ3v) is 14.9. The van der Waals surface area contributed by atoms with E-state index < -0.39 is 0 Å². The maximum Gasteiger partial charge on any atom is 0.124 e. The first-order valence-electron chi connectivity index (χ1n) is 29.0. The van der Waals surface area contributed by atoms with Crippen molar-refractivity contribution in [2.24, 2.45) is 0 Å². The lowest BCUT2D eigenvalue weighted by atomic mass is 10.1. The van der Waals surface area contributed by atoms with Crippen LogP contribution in [0.3, 0.4) is 0 Å². The van der Waals surface area contributed by atoms with Crippen molar-refractivity contribution in [3.63, 3.8) is 0 Å². The average Bonchev–Trinajstić information content (AvgIpc) is 4.37. The Morgan fingerprint density at radius 2 is 1.05 bits per heavy atom. The van der Waals surface area contributed by atoms with Gasteiger partial charge in [-0.15, -0.1) is 0 Å². The molecular weight excluding hydrogens is 1020 g/mol. The van der Waals surface area contributed by atoms with E-state index in [0.717, 1.165) is 107 Å². The molecule has 0 aliphatic rings. The predicted octanol–water partition coefficient (Wildman–Crippen LogP) is 14.9. The standard InChI is InChI=1S/C56H62N10.C15H18N2/c1-5-42-21-27-45(28-22-42)34-57-52-17-11-12-18-53(52)58-41-65(40-56-60-54-19-13-14-20-55(54)66(56)36-47-31-25-44(7-3)26-32-47)39-50-33-49(61-62-50)38-64(8-4)37-48-15-9-10-16-51(48)63-59-35-46-29-23-43(6-2)24-30-46;1-2-12-7-9-13(10-8-12)11-17-15-6-4-3-5-14(15)16/h5,7,9-33,57-59,63H,1,3,6,8,34-41H2,2,4H3,(H,61,62);3-10,17H,2,11,16H2,1H3. The van der Waals surface area contributed by atoms with Crippen LogP contribution in [0.1, 0.15) is 88.1 Å². The molecule has 0 fully saturated rings. The quantitative estimate of drug-likeness (QED) is 0.0144. The number of nitrogens with two attached hydrogens (primary N) is 1. The zero-order valence-corrected chi connectivity index (χ0v) is 48.4. The molecule has 424 valence electrons. The van der Waals surface area contributed by atoms with Crippen LogP contribution in [0.25, 0.3) is 23.2 Å². The van der Waals surface area contributed by atoms with Crippen molar-refractivity contribution in [3.8, 4) is 0 Å². The van der Waals surface area contributed by atoms with Gasteiger partial charge in [0.1, 0.15) is 5.82 Å². The zero-order chi connectivity index (χ0) is 57.6. The van der Waals surface area contributed by atoms with Crippen LogP contribution >= 0.6 is 0 Å². The first kappa shape index (κ1) is 58.5. The smallest absolute Gasteiger partial charge is 0.124 e. The number of nitrogens with one attached hydrogen (secondary N) is 6. The number of aromatic amines is 1. The molecule has 8 N–H and O–H groups in total. The molecule has 8 aromatic carbocycles. The molecule has 0 radical (unpaired) electrons. The number of hydrazine groups is 1. The first-order valence-corrected chi connectivity index (χ1v) is 29.0. The monoisotopic (exact) mass is 1100 g/mol. The number of benzene rings is 8. The normalized spacial score (nSPS) is 11.1. The van der Waals surface area contributed by atoms with E-state index in [2.05, 4.69) is 256 Å². The Kier molecular flexibility index (Phi) is 21.1. The third-order valence-electron chi connectivity index (χ3n) is 14.9. The van der Waals surface area contributed by atoms with E-state index in [9.17, 15) is 0 Å². The van der Waals surface area contributed by atoms with Crippen molar-refractivity contribution in [1.82, 2.24) is 35.0 Å². The highest BCUT2D eigenvalue weighted by Gasteiger charge is 2.19. The summed E-state index contributed by atoms with van der Waals surface area (Å²) in [5, 5.41) is 19.0. The Bertz CT molecular complexity index is 3600. The topological polar surface area (TPSA) is 139 Å². The summed E-state index contributed by atoms with van der Waals surface area (Å²) in [5.74, 6) is 0.994. The summed E-state index contributed by atoms with van der Waals surface area (Å²) in [7, 11) is 0. The van der Waals surface area contributed by atoms with Gasteiger partial charge in [0, 0.05) is 51.5 Å². The van der Waals surface area contributed by atoms with Gasteiger partial charge in [-0.25, -0.2) is 10.4 Å². The van der Waals surface area contributed by atoms with Crippen LogP contribution in [0, 0.1) is 0 Å². The maximum absolute atomic E-state index is 5.87. The number of hydrogen-bond donors (Lipinski definition) is 7. The van der Waals surface area contributed by atoms with E-state index in [1.807, 2.05) is 36.4 Å². The minimum atomic E-state index is 0.571. The van der Waals surface area contributed by atoms with Crippen LogP contribution in [0.2, 0.25) is 0 Å². The molecule has 2 aromatic heterocycles. The molecule has 0 spiro atoms. The van der Waals surface area contributed by atoms with Gasteiger partial charge < -0.3 is 31.7 Å². The molecule has 12 heteroatoms. The average molecular weight is 1100 g/mol. The van der Waals surface area contributed by atoms with Crippen LogP contribution in [0.15, 0.2) is 213 Å². The minimum absolute atomic E-state index is 0.571. The summed E-state index contributed by atoms with van der Waals surface area (Å²) in [6.07, 6.45) is 5.88. The van der Waals surface area contributed by atoms with Crippen molar-refractivity contribution in [2.45, 2.75) is 86.0 Å². The molecule has 2 heterocycles. The first-order chi connectivity index (χ1) is 40.8. The number of nitrogen functional groups attached to an aromatic ring is 1. The Morgan fingerprint density at radius 1 is 0.518 bits per heavy atom. The summed E-state index contributed by atoms with van der Waals surface area (Å²) in [6, 6.07) is 69.9. The summed E-state index contributed by atoms with van der Waals surface area (Å²) < 4.78 is 2.35. The highest BCUT2D eigenvalue weighted by molar-refractivity contribution is 5.76. The van der Waals surface area contributed by atoms with Crippen LogP contribution in [-0.2, 0) is 65.2 Å². The number of imidazole rings is 1. The van der Waals surface area contributed by atoms with Crippen molar-refractivity contribution in [3.05, 3.63) is 281 Å². The molecule has 10 rings (SSSR count). The number of rotatable bonds is 28. The third kappa shape index (κ3) is 16.9. The maximum atomic E-state index is 5.87. The van der Waals surface area contributed by atoms with E-state index in [-0.39, 0.29) is 0 Å². The molecule has 0 saturated carbocycles. The van der Waals surface area contributed by atoms with E-state index in [0.29, 0.717) is 39.4 Å². The van der Waals surface area contributed by atoms with E-state index in [1.54, 1.807) is 0 Å². The zero-order valence-electron chi connectivity index (χ0n) is 48.4. The van der Waals surface area contributed by atoms with Gasteiger partial charge in [0.05, 0.1) is 58.4 Å². The predicted molar refractivity (Wildman–Crippen MR) is 349 cm³/mol. The fraction of sp³-hybridized carbons (Fsp3) is 0.211. The molecule has 83 heavy (non-hydrogen) atoms. The Balaban J connectivity index is 0.000000416. The molecule has 12 nitrogen and oxygen atoms in total. The van der Waals surface area contributed by atoms with Gasteiger partial charge in [0.15, 0.2) is 0 Å². The van der Waals surface area contributed by atoms with Gasteiger partial charge in [-0.3, -0.25) is 14.9 Å². The number of nitrogens with zero attached hydrogens (tertiary/aromatic N) is 5. The van der Waals surface area contributed by atoms with Crippen LogP contribution < -0.4 is 32.5 Å². The van der Waals surface area contributed by atoms with Crippen molar-refractivity contribution >= 4 is 51.6 Å². The van der Waals surface area contributed by atoms with E-state index in [4.69, 9.17) is 15.8 Å². The minimum Gasteiger partial charge on any atom is -0.397 e. The van der Waals surface area contributed by atoms with Crippen molar-refractivity contribution < 1.29 is 0 Å². The fourth-order valence-corrected chi connectivity index (χ4v) is 9.91. The van der Waals surface area contributed by atoms with Gasteiger partial charge in [0.2, 0.25) is 0 Å². The fourth-order valence-electron chi connectivity index (χ4n) is 9.91. The molecule has 0 unspecified atom stereocenters. The van der Waals surface area contributed by atoms with Crippen LogP contribution in [-0.4, -0.2) is 42.8 Å². The van der Waals surface area contributed by atoms with Gasteiger partial charge in [0.25, 0.3) is 0 Å². The van der Waals surface area contributed by atoms with Gasteiger partial charge >= 0.3 is 0 Å². The number of H-pyrrole nitrogens is 1. The van der Waals surface area contributed by atoms with Crippen LogP contribution in [0.4, 0.5) is 28.4 Å². The second-order valence-electron chi connectivity index (χ2n) is 20.8. The summed E-state index contributed by atoms with van der Waals surface area (Å²) in [6.45, 7) is 21.5. The Morgan fingerprint density at radius 3 is 1.67 bits per heavy atom. The second-order valence-corrected chi connectivity index (χ2v) is 20.8. The molecule has 0 aliphatic carbocycles. The molecule has 0 saturated heterocycles. The number of anilines is 5. The number of hydrogen-bond acceptors (Lipinski definition) is 10. The van der Waals surface area contributed by atoms with Crippen molar-refractivity contribution in [1.29, 1.82) is 0 Å². The summed E-state index contributed by atoms with van der Waals surface area (Å²) >= 11 is 0. The lowest BCUT2D eigenvalue weighted by Crippen LogP contribution is -2.30. The van der Waals surface area contributed by atoms with Gasteiger partial charge in [-0.05, 0) is 118 Å². The SMILES string of the molecule is C=Cc1ccc(CNc2ccccc2NCN(Cc2cc(CN(CC)Cc3ccccc3NNCc3ccc(CC)cc3)n[nH]2)Cc2nc3ccccc3n2Cc2ccc(C=C)cc2)cc1.CCc1ccc(CNc2ccccc2N)cc1. The van der Waals surface area contributed by atoms with E-state index in [1.165, 1.54) is 38.9 Å². The summed E-state index contributed by atoms with van der Waals surface area (Å²) in [5.41, 5.74) is 32.9. The lowest BCUT2D eigenvalue weighted by Gasteiger charge is -2.24. The van der Waals surface area contributed by atoms with Gasteiger partial charge in [-0.2, -0.15) is 5.10 Å². The molecule has 0 atom stereocenters. The highest BCUT2D eigenvalue weighted by Crippen LogP contribution is 2.26. The molecule has 0 bridgehead atoms. The van der Waals surface area contributed by atoms with Crippen molar-refractivity contribution in [2.75, 3.05) is 40.3 Å². The number of aromatic nitrogens is 4. The molecule has 0 amide bonds. The van der Waals surface area contributed by atoms with Gasteiger partial charge in [-0.1, -0.05) is 198 Å². The Labute approximate surface area is 491 Å². The molecule has 0 aliphatic heterocycles. The number of fused-ring (bicyclic) bond motifs is 1. The summed E-state index contributed by atoms with van der Waals surface area (Å²) in [4.78, 5) is 10.0. The lowest BCUT2D eigenvalue weighted by molar-refractivity contribution is 0.262. The van der Waals surface area contributed by atoms with Crippen LogP contribution in [0.5, 0.6) is 0 Å². The second kappa shape index (κ2) is 30.0. The Hall–Kier alpha value is -9.20. The number of aryl methyl sites for hydroxylation is 2. The molecule has 10 aromatic rings.